The molecule has 1 aliphatic heterocycles. The van der Waals surface area contributed by atoms with E-state index < -0.39 is 11.7 Å². The predicted molar refractivity (Wildman–Crippen MR) is 111 cm³/mol. The monoisotopic (exact) mass is 421 g/mol. The van der Waals surface area contributed by atoms with Crippen LogP contribution in [-0.4, -0.2) is 54.6 Å². The molecule has 0 aliphatic carbocycles. The van der Waals surface area contributed by atoms with Crippen LogP contribution in [0.1, 0.15) is 45.6 Å². The van der Waals surface area contributed by atoms with Gasteiger partial charge in [0.15, 0.2) is 0 Å². The highest BCUT2D eigenvalue weighted by Gasteiger charge is 2.23. The summed E-state index contributed by atoms with van der Waals surface area (Å²) in [4.78, 5) is 37.7. The third-order valence-electron chi connectivity index (χ3n) is 4.82. The number of ether oxygens (including phenoxy) is 1. The summed E-state index contributed by atoms with van der Waals surface area (Å²) in [6.07, 6.45) is 1.47. The van der Waals surface area contributed by atoms with Gasteiger partial charge in [-0.3, -0.25) is 9.59 Å². The molecule has 0 atom stereocenters. The number of likely N-dealkylation sites (tertiary alicyclic amines) is 1. The van der Waals surface area contributed by atoms with Crippen LogP contribution >= 0.6 is 0 Å². The summed E-state index contributed by atoms with van der Waals surface area (Å²) in [5, 5.41) is 5.45. The molecular weight excluding hydrogens is 389 g/mol. The minimum Gasteiger partial charge on any atom is -0.444 e. The molecule has 166 valence electrons. The number of benzene rings is 1. The molecule has 30 heavy (non-hydrogen) atoms. The van der Waals surface area contributed by atoms with Crippen molar-refractivity contribution in [3.05, 3.63) is 35.6 Å². The van der Waals surface area contributed by atoms with Crippen LogP contribution in [0.5, 0.6) is 0 Å². The molecule has 0 bridgehead atoms. The molecule has 0 aromatic heterocycles. The van der Waals surface area contributed by atoms with Gasteiger partial charge in [-0.05, 0) is 57.2 Å². The SMILES string of the molecule is CC(C)(C)OC(=O)NCCC(=O)NCC1CCN(C(=O)Cc2cccc(F)c2)CC1. The van der Waals surface area contributed by atoms with Crippen LogP contribution in [0.3, 0.4) is 0 Å². The number of alkyl carbamates (subject to hydrolysis) is 1. The minimum atomic E-state index is -0.570. The molecule has 0 unspecified atom stereocenters. The molecule has 0 saturated carbocycles. The Bertz CT molecular complexity index is 740. The maximum absolute atomic E-state index is 13.3. The molecule has 1 fully saturated rings. The van der Waals surface area contributed by atoms with E-state index in [1.54, 1.807) is 37.8 Å². The highest BCUT2D eigenvalue weighted by molar-refractivity contribution is 5.79. The first kappa shape index (κ1) is 23.6. The van der Waals surface area contributed by atoms with Crippen molar-refractivity contribution >= 4 is 17.9 Å². The second kappa shape index (κ2) is 10.9. The van der Waals surface area contributed by atoms with Gasteiger partial charge in [0.05, 0.1) is 6.42 Å². The van der Waals surface area contributed by atoms with Gasteiger partial charge in [-0.1, -0.05) is 12.1 Å². The minimum absolute atomic E-state index is 0.00342. The van der Waals surface area contributed by atoms with Crippen LogP contribution in [0.4, 0.5) is 9.18 Å². The summed E-state index contributed by atoms with van der Waals surface area (Å²) < 4.78 is 18.4. The number of nitrogens with zero attached hydrogens (tertiary/aromatic N) is 1. The number of carbonyl (C=O) groups excluding carboxylic acids is 3. The number of amides is 3. The summed E-state index contributed by atoms with van der Waals surface area (Å²) in [7, 11) is 0. The fraction of sp³-hybridized carbons (Fsp3) is 0.591. The molecule has 0 radical (unpaired) electrons. The zero-order valence-corrected chi connectivity index (χ0v) is 18.0. The first-order valence-corrected chi connectivity index (χ1v) is 10.4. The average molecular weight is 422 g/mol. The third kappa shape index (κ3) is 8.80. The molecule has 2 rings (SSSR count). The quantitative estimate of drug-likeness (QED) is 0.709. The molecule has 8 heteroatoms. The van der Waals surface area contributed by atoms with Crippen molar-refractivity contribution < 1.29 is 23.5 Å². The molecule has 2 N–H and O–H groups in total. The fourth-order valence-corrected chi connectivity index (χ4v) is 3.26. The highest BCUT2D eigenvalue weighted by atomic mass is 19.1. The van der Waals surface area contributed by atoms with Gasteiger partial charge in [0.25, 0.3) is 0 Å². The molecule has 7 nitrogen and oxygen atoms in total. The molecule has 1 aliphatic rings. The molecule has 0 spiro atoms. The van der Waals surface area contributed by atoms with Crippen molar-refractivity contribution in [3.63, 3.8) is 0 Å². The van der Waals surface area contributed by atoms with Crippen molar-refractivity contribution in [3.8, 4) is 0 Å². The zero-order chi connectivity index (χ0) is 22.1. The number of hydrogen-bond acceptors (Lipinski definition) is 4. The normalized spacial score (nSPS) is 14.9. The Morgan fingerprint density at radius 2 is 1.87 bits per heavy atom. The van der Waals surface area contributed by atoms with Crippen LogP contribution in [0, 0.1) is 11.7 Å². The third-order valence-corrected chi connectivity index (χ3v) is 4.82. The first-order chi connectivity index (χ1) is 14.1. The second-order valence-electron chi connectivity index (χ2n) is 8.61. The topological polar surface area (TPSA) is 87.7 Å². The lowest BCUT2D eigenvalue weighted by Gasteiger charge is -2.32. The van der Waals surface area contributed by atoms with Gasteiger partial charge in [-0.15, -0.1) is 0 Å². The number of rotatable bonds is 7. The van der Waals surface area contributed by atoms with Crippen molar-refractivity contribution in [2.45, 2.75) is 52.1 Å². The Morgan fingerprint density at radius 3 is 2.50 bits per heavy atom. The van der Waals surface area contributed by atoms with E-state index in [2.05, 4.69) is 10.6 Å². The Labute approximate surface area is 177 Å². The molecular formula is C22H32FN3O4. The van der Waals surface area contributed by atoms with Crippen LogP contribution in [0.15, 0.2) is 24.3 Å². The maximum Gasteiger partial charge on any atom is 0.407 e. The maximum atomic E-state index is 13.3. The first-order valence-electron chi connectivity index (χ1n) is 10.4. The van der Waals surface area contributed by atoms with Crippen molar-refractivity contribution in [2.24, 2.45) is 5.92 Å². The number of halogens is 1. The van der Waals surface area contributed by atoms with Crippen LogP contribution in [-0.2, 0) is 20.7 Å². The predicted octanol–water partition coefficient (Wildman–Crippen LogP) is 2.64. The second-order valence-corrected chi connectivity index (χ2v) is 8.61. The summed E-state index contributed by atoms with van der Waals surface area (Å²) in [5.41, 5.74) is 0.106. The Morgan fingerprint density at radius 1 is 1.17 bits per heavy atom. The Balaban J connectivity index is 1.61. The lowest BCUT2D eigenvalue weighted by atomic mass is 9.96. The van der Waals surface area contributed by atoms with E-state index >= 15 is 0 Å². The summed E-state index contributed by atoms with van der Waals surface area (Å²) in [6, 6.07) is 6.11. The van der Waals surface area contributed by atoms with E-state index in [4.69, 9.17) is 4.74 Å². The number of hydrogen-bond donors (Lipinski definition) is 2. The molecule has 3 amide bonds. The van der Waals surface area contributed by atoms with Gasteiger partial charge in [0.2, 0.25) is 11.8 Å². The molecule has 1 aromatic rings. The van der Waals surface area contributed by atoms with Crippen molar-refractivity contribution in [1.29, 1.82) is 0 Å². The van der Waals surface area contributed by atoms with Gasteiger partial charge in [-0.25, -0.2) is 9.18 Å². The lowest BCUT2D eigenvalue weighted by molar-refractivity contribution is -0.132. The number of carbonyl (C=O) groups is 3. The smallest absolute Gasteiger partial charge is 0.407 e. The van der Waals surface area contributed by atoms with Gasteiger partial charge < -0.3 is 20.3 Å². The van der Waals surface area contributed by atoms with Crippen LogP contribution < -0.4 is 10.6 Å². The highest BCUT2D eigenvalue weighted by Crippen LogP contribution is 2.18. The Kier molecular flexibility index (Phi) is 8.62. The van der Waals surface area contributed by atoms with E-state index in [1.807, 2.05) is 0 Å². The average Bonchev–Trinajstić information content (AvgIpc) is 2.65. The summed E-state index contributed by atoms with van der Waals surface area (Å²) >= 11 is 0. The van der Waals surface area contributed by atoms with E-state index in [0.29, 0.717) is 31.1 Å². The zero-order valence-electron chi connectivity index (χ0n) is 18.0. The standard InChI is InChI=1S/C22H32FN3O4/c1-22(2,3)30-21(29)24-10-7-19(27)25-15-16-8-11-26(12-9-16)20(28)14-17-5-4-6-18(23)13-17/h4-6,13,16H,7-12,14-15H2,1-3H3,(H,24,29)(H,25,27). The van der Waals surface area contributed by atoms with Crippen molar-refractivity contribution in [1.82, 2.24) is 15.5 Å². The van der Waals surface area contributed by atoms with Crippen LogP contribution in [0.25, 0.3) is 0 Å². The molecule has 1 heterocycles. The Hall–Kier alpha value is -2.64. The summed E-state index contributed by atoms with van der Waals surface area (Å²) in [5.74, 6) is -0.158. The molecule has 1 saturated heterocycles. The largest absolute Gasteiger partial charge is 0.444 e. The summed E-state index contributed by atoms with van der Waals surface area (Å²) in [6.45, 7) is 7.37. The van der Waals surface area contributed by atoms with E-state index in [1.165, 1.54) is 12.1 Å². The van der Waals surface area contributed by atoms with Gasteiger partial charge in [0, 0.05) is 32.6 Å². The van der Waals surface area contributed by atoms with E-state index in [9.17, 15) is 18.8 Å². The fourth-order valence-electron chi connectivity index (χ4n) is 3.26. The van der Waals surface area contributed by atoms with Crippen molar-refractivity contribution in [2.75, 3.05) is 26.2 Å². The van der Waals surface area contributed by atoms with Gasteiger partial charge in [-0.2, -0.15) is 0 Å². The lowest BCUT2D eigenvalue weighted by Crippen LogP contribution is -2.42. The van der Waals surface area contributed by atoms with Gasteiger partial charge >= 0.3 is 6.09 Å². The van der Waals surface area contributed by atoms with Crippen LogP contribution in [0.2, 0.25) is 0 Å². The van der Waals surface area contributed by atoms with E-state index in [-0.39, 0.29) is 37.0 Å². The van der Waals surface area contributed by atoms with E-state index in [0.717, 1.165) is 12.8 Å². The molecule has 1 aromatic carbocycles. The van der Waals surface area contributed by atoms with Gasteiger partial charge in [0.1, 0.15) is 11.4 Å². The number of nitrogens with one attached hydrogen (secondary N) is 2. The number of piperidine rings is 1.